The lowest BCUT2D eigenvalue weighted by Crippen LogP contribution is -2.45. The molecule has 1 N–H and O–H groups in total. The lowest BCUT2D eigenvalue weighted by molar-refractivity contribution is 0.0944. The van der Waals surface area contributed by atoms with Crippen molar-refractivity contribution >= 4 is 0 Å². The number of benzene rings is 1. The highest BCUT2D eigenvalue weighted by Gasteiger charge is 2.29. The van der Waals surface area contributed by atoms with E-state index in [1.807, 2.05) is 7.05 Å². The SMILES string of the molecule is CNC1CCC(C)CC1Oc1ccc(C(C)C)cc1. The van der Waals surface area contributed by atoms with Crippen molar-refractivity contribution in [2.75, 3.05) is 7.05 Å². The summed E-state index contributed by atoms with van der Waals surface area (Å²) in [5.41, 5.74) is 1.37. The van der Waals surface area contributed by atoms with Crippen LogP contribution in [0, 0.1) is 5.92 Å². The molecule has 1 aliphatic carbocycles. The number of hydrogen-bond donors (Lipinski definition) is 1. The Bertz CT molecular complexity index is 385. The van der Waals surface area contributed by atoms with Crippen LogP contribution in [0.2, 0.25) is 0 Å². The Hall–Kier alpha value is -1.02. The topological polar surface area (TPSA) is 21.3 Å². The molecule has 2 rings (SSSR count). The fraction of sp³-hybridized carbons (Fsp3) is 0.647. The zero-order valence-corrected chi connectivity index (χ0v) is 12.6. The minimum atomic E-state index is 0.304. The van der Waals surface area contributed by atoms with E-state index in [0.29, 0.717) is 18.1 Å². The van der Waals surface area contributed by atoms with Crippen molar-refractivity contribution in [3.63, 3.8) is 0 Å². The molecule has 0 spiro atoms. The number of ether oxygens (including phenoxy) is 1. The summed E-state index contributed by atoms with van der Waals surface area (Å²) in [6, 6.07) is 9.07. The van der Waals surface area contributed by atoms with Gasteiger partial charge in [0.25, 0.3) is 0 Å². The molecule has 2 heteroatoms. The van der Waals surface area contributed by atoms with E-state index in [1.54, 1.807) is 0 Å². The lowest BCUT2D eigenvalue weighted by Gasteiger charge is -2.34. The highest BCUT2D eigenvalue weighted by atomic mass is 16.5. The minimum absolute atomic E-state index is 0.304. The van der Waals surface area contributed by atoms with Crippen LogP contribution in [0.3, 0.4) is 0 Å². The Kier molecular flexibility index (Phi) is 4.87. The van der Waals surface area contributed by atoms with Crippen LogP contribution >= 0.6 is 0 Å². The summed E-state index contributed by atoms with van der Waals surface area (Å²) in [5, 5.41) is 3.40. The van der Waals surface area contributed by atoms with Crippen molar-refractivity contribution in [3.05, 3.63) is 29.8 Å². The second kappa shape index (κ2) is 6.42. The number of rotatable bonds is 4. The molecule has 0 aliphatic heterocycles. The molecule has 0 bridgehead atoms. The predicted octanol–water partition coefficient (Wildman–Crippen LogP) is 3.97. The maximum absolute atomic E-state index is 6.20. The van der Waals surface area contributed by atoms with Gasteiger partial charge in [-0.15, -0.1) is 0 Å². The summed E-state index contributed by atoms with van der Waals surface area (Å²) in [6.45, 7) is 6.76. The second-order valence-corrected chi connectivity index (χ2v) is 6.19. The third-order valence-corrected chi connectivity index (χ3v) is 4.26. The van der Waals surface area contributed by atoms with E-state index < -0.39 is 0 Å². The molecular formula is C17H27NO. The summed E-state index contributed by atoms with van der Waals surface area (Å²) in [5.74, 6) is 2.35. The fourth-order valence-corrected chi connectivity index (χ4v) is 2.90. The molecule has 2 nitrogen and oxygen atoms in total. The monoisotopic (exact) mass is 261 g/mol. The summed E-state index contributed by atoms with van der Waals surface area (Å²) >= 11 is 0. The maximum Gasteiger partial charge on any atom is 0.119 e. The molecule has 0 saturated heterocycles. The summed E-state index contributed by atoms with van der Waals surface area (Å²) in [7, 11) is 2.04. The molecule has 1 saturated carbocycles. The van der Waals surface area contributed by atoms with E-state index in [2.05, 4.69) is 50.4 Å². The summed E-state index contributed by atoms with van der Waals surface area (Å²) in [4.78, 5) is 0. The lowest BCUT2D eigenvalue weighted by atomic mass is 9.85. The van der Waals surface area contributed by atoms with Gasteiger partial charge in [0.15, 0.2) is 0 Å². The fourth-order valence-electron chi connectivity index (χ4n) is 2.90. The first kappa shape index (κ1) is 14.4. The van der Waals surface area contributed by atoms with Gasteiger partial charge in [0.2, 0.25) is 0 Å². The third-order valence-electron chi connectivity index (χ3n) is 4.26. The summed E-state index contributed by atoms with van der Waals surface area (Å²) < 4.78 is 6.20. The smallest absolute Gasteiger partial charge is 0.119 e. The maximum atomic E-state index is 6.20. The van der Waals surface area contributed by atoms with E-state index in [9.17, 15) is 0 Å². The van der Waals surface area contributed by atoms with Crippen molar-refractivity contribution in [1.29, 1.82) is 0 Å². The number of likely N-dealkylation sites (N-methyl/N-ethyl adjacent to an activating group) is 1. The van der Waals surface area contributed by atoms with Gasteiger partial charge in [-0.2, -0.15) is 0 Å². The van der Waals surface area contributed by atoms with Crippen LogP contribution in [0.1, 0.15) is 51.5 Å². The van der Waals surface area contributed by atoms with Gasteiger partial charge in [-0.05, 0) is 55.8 Å². The number of nitrogens with one attached hydrogen (secondary N) is 1. The first-order valence-electron chi connectivity index (χ1n) is 7.54. The Labute approximate surface area is 117 Å². The van der Waals surface area contributed by atoms with E-state index in [4.69, 9.17) is 4.74 Å². The summed E-state index contributed by atoms with van der Waals surface area (Å²) in [6.07, 6.45) is 3.97. The van der Waals surface area contributed by atoms with Crippen molar-refractivity contribution in [1.82, 2.24) is 5.32 Å². The molecule has 1 aromatic carbocycles. The van der Waals surface area contributed by atoms with E-state index in [-0.39, 0.29) is 0 Å². The Morgan fingerprint density at radius 2 is 1.84 bits per heavy atom. The molecule has 1 fully saturated rings. The van der Waals surface area contributed by atoms with Crippen molar-refractivity contribution < 1.29 is 4.74 Å². The van der Waals surface area contributed by atoms with Gasteiger partial charge in [0.05, 0.1) is 0 Å². The second-order valence-electron chi connectivity index (χ2n) is 6.19. The molecular weight excluding hydrogens is 234 g/mol. The largest absolute Gasteiger partial charge is 0.489 e. The van der Waals surface area contributed by atoms with Gasteiger partial charge in [-0.25, -0.2) is 0 Å². The Balaban J connectivity index is 2.02. The standard InChI is InChI=1S/C17H27NO/c1-12(2)14-6-8-15(9-7-14)19-17-11-13(3)5-10-16(17)18-4/h6-9,12-13,16-18H,5,10-11H2,1-4H3. The van der Waals surface area contributed by atoms with Crippen molar-refractivity contribution in [2.45, 2.75) is 58.1 Å². The molecule has 106 valence electrons. The van der Waals surface area contributed by atoms with Gasteiger partial charge < -0.3 is 10.1 Å². The average Bonchev–Trinajstić information content (AvgIpc) is 2.39. The molecule has 3 unspecified atom stereocenters. The van der Waals surface area contributed by atoms with Crippen molar-refractivity contribution in [2.24, 2.45) is 5.92 Å². The van der Waals surface area contributed by atoms with Crippen LogP contribution < -0.4 is 10.1 Å². The van der Waals surface area contributed by atoms with Crippen LogP contribution in [-0.4, -0.2) is 19.2 Å². The molecule has 0 amide bonds. The highest BCUT2D eigenvalue weighted by Crippen LogP contribution is 2.28. The minimum Gasteiger partial charge on any atom is -0.489 e. The van der Waals surface area contributed by atoms with Gasteiger partial charge in [-0.3, -0.25) is 0 Å². The van der Waals surface area contributed by atoms with Crippen LogP contribution in [0.5, 0.6) is 5.75 Å². The van der Waals surface area contributed by atoms with Gasteiger partial charge >= 0.3 is 0 Å². The molecule has 1 aromatic rings. The highest BCUT2D eigenvalue weighted by molar-refractivity contribution is 5.29. The zero-order chi connectivity index (χ0) is 13.8. The van der Waals surface area contributed by atoms with Crippen LogP contribution in [-0.2, 0) is 0 Å². The Morgan fingerprint density at radius 1 is 1.16 bits per heavy atom. The van der Waals surface area contributed by atoms with Crippen LogP contribution in [0.4, 0.5) is 0 Å². The predicted molar refractivity (Wildman–Crippen MR) is 80.8 cm³/mol. The van der Waals surface area contributed by atoms with E-state index >= 15 is 0 Å². The van der Waals surface area contributed by atoms with Gasteiger partial charge in [0, 0.05) is 6.04 Å². The van der Waals surface area contributed by atoms with Crippen LogP contribution in [0.15, 0.2) is 24.3 Å². The van der Waals surface area contributed by atoms with Gasteiger partial charge in [-0.1, -0.05) is 32.9 Å². The van der Waals surface area contributed by atoms with Crippen molar-refractivity contribution in [3.8, 4) is 5.75 Å². The molecule has 1 aliphatic rings. The molecule has 19 heavy (non-hydrogen) atoms. The average molecular weight is 261 g/mol. The van der Waals surface area contributed by atoms with Crippen LogP contribution in [0.25, 0.3) is 0 Å². The first-order valence-corrected chi connectivity index (χ1v) is 7.54. The normalized spacial score (nSPS) is 27.5. The molecule has 0 heterocycles. The third kappa shape index (κ3) is 3.73. The van der Waals surface area contributed by atoms with E-state index in [0.717, 1.165) is 18.1 Å². The molecule has 0 aromatic heterocycles. The zero-order valence-electron chi connectivity index (χ0n) is 12.6. The molecule has 0 radical (unpaired) electrons. The Morgan fingerprint density at radius 3 is 2.42 bits per heavy atom. The number of hydrogen-bond acceptors (Lipinski definition) is 2. The first-order chi connectivity index (χ1) is 9.10. The quantitative estimate of drug-likeness (QED) is 0.885. The molecule has 3 atom stereocenters. The van der Waals surface area contributed by atoms with Gasteiger partial charge in [0.1, 0.15) is 11.9 Å². The van der Waals surface area contributed by atoms with E-state index in [1.165, 1.54) is 18.4 Å².